The van der Waals surface area contributed by atoms with E-state index in [1.807, 2.05) is 12.1 Å². The number of methoxy groups -OCH3 is 1. The van der Waals surface area contributed by atoms with Crippen molar-refractivity contribution in [2.75, 3.05) is 14.2 Å². The third-order valence-corrected chi connectivity index (χ3v) is 4.98. The van der Waals surface area contributed by atoms with Crippen molar-refractivity contribution in [2.24, 2.45) is 0 Å². The van der Waals surface area contributed by atoms with Gasteiger partial charge >= 0.3 is 0 Å². The van der Waals surface area contributed by atoms with Gasteiger partial charge in [-0.25, -0.2) is 0 Å². The van der Waals surface area contributed by atoms with Gasteiger partial charge in [-0.05, 0) is 61.2 Å². The molecule has 2 aromatic carbocycles. The quantitative estimate of drug-likeness (QED) is 0.702. The number of nitrogens with one attached hydrogen (secondary N) is 1. The molecule has 5 nitrogen and oxygen atoms in total. The Bertz CT molecular complexity index is 1040. The van der Waals surface area contributed by atoms with E-state index in [-0.39, 0.29) is 11.7 Å². The first kappa shape index (κ1) is 17.2. The number of hydrogen-bond acceptors (Lipinski definition) is 4. The van der Waals surface area contributed by atoms with Gasteiger partial charge in [-0.2, -0.15) is 0 Å². The molecule has 0 bridgehead atoms. The second-order valence-corrected chi connectivity index (χ2v) is 6.60. The molecule has 0 spiro atoms. The van der Waals surface area contributed by atoms with Crippen LogP contribution in [0.2, 0.25) is 0 Å². The smallest absolute Gasteiger partial charge is 0.255 e. The van der Waals surface area contributed by atoms with Gasteiger partial charge in [0.05, 0.1) is 12.7 Å². The Labute approximate surface area is 157 Å². The van der Waals surface area contributed by atoms with Gasteiger partial charge in [0.15, 0.2) is 0 Å². The van der Waals surface area contributed by atoms with Crippen molar-refractivity contribution >= 4 is 22.4 Å². The number of ether oxygens (including phenoxy) is 1. The number of phenolic OH excluding ortho intramolecular Hbond substituents is 1. The van der Waals surface area contributed by atoms with Crippen LogP contribution in [-0.2, 0) is 0 Å². The van der Waals surface area contributed by atoms with Gasteiger partial charge in [-0.1, -0.05) is 6.08 Å². The Morgan fingerprint density at radius 2 is 2.00 bits per heavy atom. The lowest BCUT2D eigenvalue weighted by molar-refractivity contribution is 0.0964. The van der Waals surface area contributed by atoms with Gasteiger partial charge in [0.25, 0.3) is 5.91 Å². The number of hydrogen-bond donors (Lipinski definition) is 2. The zero-order chi connectivity index (χ0) is 19.0. The highest BCUT2D eigenvalue weighted by Crippen LogP contribution is 2.41. The molecule has 1 heterocycles. The van der Waals surface area contributed by atoms with Crippen LogP contribution in [0.25, 0.3) is 27.9 Å². The number of benzene rings is 2. The summed E-state index contributed by atoms with van der Waals surface area (Å²) in [7, 11) is 3.23. The second kappa shape index (κ2) is 6.83. The van der Waals surface area contributed by atoms with Crippen molar-refractivity contribution in [3.8, 4) is 22.8 Å². The summed E-state index contributed by atoms with van der Waals surface area (Å²) < 4.78 is 11.7. The van der Waals surface area contributed by atoms with Gasteiger partial charge in [0.2, 0.25) is 0 Å². The maximum Gasteiger partial charge on any atom is 0.255 e. The molecule has 0 atom stereocenters. The summed E-state index contributed by atoms with van der Waals surface area (Å²) >= 11 is 0. The van der Waals surface area contributed by atoms with Gasteiger partial charge in [-0.15, -0.1) is 0 Å². The zero-order valence-corrected chi connectivity index (χ0v) is 15.3. The molecular weight excluding hydrogens is 342 g/mol. The van der Waals surface area contributed by atoms with Crippen LogP contribution in [0.15, 0.2) is 46.9 Å². The van der Waals surface area contributed by atoms with E-state index in [1.165, 1.54) is 5.57 Å². The van der Waals surface area contributed by atoms with Crippen LogP contribution in [-0.4, -0.2) is 25.2 Å². The number of carbonyl (C=O) groups excluding carboxylic acids is 1. The summed E-state index contributed by atoms with van der Waals surface area (Å²) in [5.41, 5.74) is 4.08. The molecule has 1 aliphatic carbocycles. The Hall–Kier alpha value is -3.21. The van der Waals surface area contributed by atoms with Crippen LogP contribution >= 0.6 is 0 Å². The predicted octanol–water partition coefficient (Wildman–Crippen LogP) is 4.74. The highest BCUT2D eigenvalue weighted by molar-refractivity contribution is 6.11. The average Bonchev–Trinajstić information content (AvgIpc) is 3.34. The first-order valence-corrected chi connectivity index (χ1v) is 8.97. The molecule has 1 aliphatic rings. The Morgan fingerprint density at radius 1 is 1.22 bits per heavy atom. The molecule has 3 aromatic rings. The molecule has 0 fully saturated rings. The molecule has 4 rings (SSSR count). The third-order valence-electron chi connectivity index (χ3n) is 4.98. The monoisotopic (exact) mass is 363 g/mol. The Morgan fingerprint density at radius 3 is 2.63 bits per heavy atom. The van der Waals surface area contributed by atoms with E-state index in [0.29, 0.717) is 22.3 Å². The minimum Gasteiger partial charge on any atom is -0.508 e. The lowest BCUT2D eigenvalue weighted by atomic mass is 9.99. The largest absolute Gasteiger partial charge is 0.508 e. The summed E-state index contributed by atoms with van der Waals surface area (Å²) in [6.07, 6.45) is 5.44. The van der Waals surface area contributed by atoms with E-state index in [9.17, 15) is 9.90 Å². The maximum atomic E-state index is 12.6. The van der Waals surface area contributed by atoms with Crippen molar-refractivity contribution in [3.05, 3.63) is 53.6 Å². The average molecular weight is 363 g/mol. The Kier molecular flexibility index (Phi) is 4.36. The van der Waals surface area contributed by atoms with Crippen molar-refractivity contribution in [3.63, 3.8) is 0 Å². The summed E-state index contributed by atoms with van der Waals surface area (Å²) in [4.78, 5) is 12.6. The Balaban J connectivity index is 1.98. The normalized spacial score (nSPS) is 13.6. The fraction of sp³-hybridized carbons (Fsp3) is 0.227. The fourth-order valence-corrected chi connectivity index (χ4v) is 3.62. The second-order valence-electron chi connectivity index (χ2n) is 6.60. The number of allylic oxidation sites excluding steroid dienone is 2. The summed E-state index contributed by atoms with van der Waals surface area (Å²) in [6.45, 7) is 0. The first-order valence-electron chi connectivity index (χ1n) is 8.97. The van der Waals surface area contributed by atoms with Crippen LogP contribution in [0.1, 0.15) is 35.2 Å². The van der Waals surface area contributed by atoms with E-state index in [1.54, 1.807) is 38.4 Å². The number of carbonyl (C=O) groups is 1. The van der Waals surface area contributed by atoms with Gasteiger partial charge < -0.3 is 19.6 Å². The molecule has 138 valence electrons. The van der Waals surface area contributed by atoms with Crippen LogP contribution in [0.5, 0.6) is 11.5 Å². The van der Waals surface area contributed by atoms with E-state index in [0.717, 1.165) is 36.1 Å². The topological polar surface area (TPSA) is 71.7 Å². The van der Waals surface area contributed by atoms with E-state index in [4.69, 9.17) is 9.15 Å². The first-order chi connectivity index (χ1) is 13.1. The fourth-order valence-electron chi connectivity index (χ4n) is 3.62. The van der Waals surface area contributed by atoms with Crippen LogP contribution in [0, 0.1) is 0 Å². The molecule has 5 heteroatoms. The molecule has 0 saturated carbocycles. The van der Waals surface area contributed by atoms with E-state index < -0.39 is 0 Å². The van der Waals surface area contributed by atoms with E-state index >= 15 is 0 Å². The van der Waals surface area contributed by atoms with Crippen molar-refractivity contribution in [2.45, 2.75) is 19.3 Å². The predicted molar refractivity (Wildman–Crippen MR) is 105 cm³/mol. The molecule has 0 aliphatic heterocycles. The summed E-state index contributed by atoms with van der Waals surface area (Å²) in [5, 5.41) is 13.0. The lowest BCUT2D eigenvalue weighted by Crippen LogP contribution is -2.18. The van der Waals surface area contributed by atoms with Crippen molar-refractivity contribution < 1.29 is 19.1 Å². The number of rotatable bonds is 4. The van der Waals surface area contributed by atoms with Crippen LogP contribution in [0.4, 0.5) is 0 Å². The van der Waals surface area contributed by atoms with Crippen LogP contribution in [0.3, 0.4) is 0 Å². The molecule has 2 N–H and O–H groups in total. The molecule has 27 heavy (non-hydrogen) atoms. The number of aromatic hydroxyl groups is 1. The standard InChI is InChI=1S/C22H21NO4/c1-23-22(25)20-17-12-18(26-2)16(13-5-3-4-6-13)11-19(17)27-21(20)14-7-9-15(24)10-8-14/h5,7-12,24H,3-4,6H2,1-2H3,(H,23,25). The van der Waals surface area contributed by atoms with Gasteiger partial charge in [0, 0.05) is 23.6 Å². The summed E-state index contributed by atoms with van der Waals surface area (Å²) in [5.74, 6) is 1.14. The number of amides is 1. The minimum absolute atomic E-state index is 0.161. The van der Waals surface area contributed by atoms with E-state index in [2.05, 4.69) is 11.4 Å². The SMILES string of the molecule is CNC(=O)c1c(-c2ccc(O)cc2)oc2cc(C3=CCCC3)c(OC)cc12. The highest BCUT2D eigenvalue weighted by Gasteiger charge is 2.24. The van der Waals surface area contributed by atoms with Gasteiger partial charge in [0.1, 0.15) is 22.8 Å². The minimum atomic E-state index is -0.230. The molecule has 0 saturated heterocycles. The number of furan rings is 1. The van der Waals surface area contributed by atoms with Crippen LogP contribution < -0.4 is 10.1 Å². The highest BCUT2D eigenvalue weighted by atomic mass is 16.5. The molecule has 0 unspecified atom stereocenters. The summed E-state index contributed by atoms with van der Waals surface area (Å²) in [6, 6.07) is 10.5. The van der Waals surface area contributed by atoms with Crippen molar-refractivity contribution in [1.82, 2.24) is 5.32 Å². The maximum absolute atomic E-state index is 12.6. The zero-order valence-electron chi connectivity index (χ0n) is 15.3. The molecule has 1 amide bonds. The number of fused-ring (bicyclic) bond motifs is 1. The molecular formula is C22H21NO4. The molecule has 0 radical (unpaired) electrons. The van der Waals surface area contributed by atoms with Gasteiger partial charge in [-0.3, -0.25) is 4.79 Å². The molecule has 1 aromatic heterocycles. The third kappa shape index (κ3) is 2.95. The van der Waals surface area contributed by atoms with Crippen molar-refractivity contribution in [1.29, 1.82) is 0 Å². The lowest BCUT2D eigenvalue weighted by Gasteiger charge is -2.10. The number of phenols is 1.